The molecule has 1 aromatic heterocycles. The van der Waals surface area contributed by atoms with Crippen LogP contribution in [0.5, 0.6) is 0 Å². The molecule has 7 nitrogen and oxygen atoms in total. The van der Waals surface area contributed by atoms with Crippen LogP contribution in [-0.4, -0.2) is 37.2 Å². The van der Waals surface area contributed by atoms with Crippen LogP contribution in [0.3, 0.4) is 0 Å². The van der Waals surface area contributed by atoms with E-state index in [-0.39, 0.29) is 18.9 Å². The number of amides is 2. The van der Waals surface area contributed by atoms with E-state index in [2.05, 4.69) is 5.32 Å². The van der Waals surface area contributed by atoms with Crippen LogP contribution >= 0.6 is 23.1 Å². The number of nitrogens with one attached hydrogen (secondary N) is 1. The fraction of sp³-hybridized carbons (Fsp3) is 0.263. The van der Waals surface area contributed by atoms with Crippen molar-refractivity contribution in [2.45, 2.75) is 11.3 Å². The van der Waals surface area contributed by atoms with Gasteiger partial charge in [0.2, 0.25) is 5.91 Å². The zero-order valence-electron chi connectivity index (χ0n) is 15.0. The quantitative estimate of drug-likeness (QED) is 0.575. The van der Waals surface area contributed by atoms with E-state index >= 15 is 0 Å². The van der Waals surface area contributed by atoms with Crippen molar-refractivity contribution in [1.82, 2.24) is 0 Å². The van der Waals surface area contributed by atoms with Crippen LogP contribution in [0.1, 0.15) is 12.0 Å². The maximum absolute atomic E-state index is 12.3. The van der Waals surface area contributed by atoms with Gasteiger partial charge in [0.1, 0.15) is 11.1 Å². The molecule has 2 heterocycles. The smallest absolute Gasteiger partial charge is 0.311 e. The van der Waals surface area contributed by atoms with Crippen molar-refractivity contribution in [3.8, 4) is 6.07 Å². The average Bonchev–Trinajstić information content (AvgIpc) is 3.32. The molecule has 0 radical (unpaired) electrons. The summed E-state index contributed by atoms with van der Waals surface area (Å²) in [4.78, 5) is 39.1. The summed E-state index contributed by atoms with van der Waals surface area (Å²) in [7, 11) is 0. The summed E-state index contributed by atoms with van der Waals surface area (Å²) >= 11 is 2.82. The first-order valence-corrected chi connectivity index (χ1v) is 10.5. The van der Waals surface area contributed by atoms with Gasteiger partial charge in [-0.25, -0.2) is 0 Å². The van der Waals surface area contributed by atoms with E-state index in [1.54, 1.807) is 28.1 Å². The highest BCUT2D eigenvalue weighted by atomic mass is 32.2. The Labute approximate surface area is 170 Å². The molecule has 1 atom stereocenters. The number of thioether (sulfide) groups is 1. The molecule has 1 N–H and O–H groups in total. The maximum atomic E-state index is 12.3. The fourth-order valence-corrected chi connectivity index (χ4v) is 3.95. The van der Waals surface area contributed by atoms with Crippen LogP contribution < -0.4 is 10.2 Å². The highest BCUT2D eigenvalue weighted by Crippen LogP contribution is 2.28. The molecule has 0 aliphatic carbocycles. The van der Waals surface area contributed by atoms with Gasteiger partial charge < -0.3 is 15.0 Å². The van der Waals surface area contributed by atoms with Gasteiger partial charge in [0.25, 0.3) is 5.91 Å². The van der Waals surface area contributed by atoms with Gasteiger partial charge in [-0.15, -0.1) is 23.1 Å². The van der Waals surface area contributed by atoms with E-state index in [0.717, 1.165) is 10.6 Å². The first kappa shape index (κ1) is 19.9. The Balaban J connectivity index is 1.53. The van der Waals surface area contributed by atoms with Crippen molar-refractivity contribution in [1.29, 1.82) is 5.26 Å². The molecule has 1 aliphatic rings. The Bertz CT molecular complexity index is 933. The summed E-state index contributed by atoms with van der Waals surface area (Å²) in [6.45, 7) is -0.240. The molecule has 28 heavy (non-hydrogen) atoms. The van der Waals surface area contributed by atoms with Crippen molar-refractivity contribution in [2.24, 2.45) is 5.92 Å². The first-order chi connectivity index (χ1) is 13.5. The Morgan fingerprint density at radius 1 is 1.36 bits per heavy atom. The van der Waals surface area contributed by atoms with Crippen molar-refractivity contribution < 1.29 is 19.1 Å². The van der Waals surface area contributed by atoms with Gasteiger partial charge in [-0.3, -0.25) is 14.4 Å². The molecular weight excluding hydrogens is 398 g/mol. The summed E-state index contributed by atoms with van der Waals surface area (Å²) in [5.41, 5.74) is 1.09. The molecule has 0 bridgehead atoms. The van der Waals surface area contributed by atoms with Gasteiger partial charge in [0, 0.05) is 23.5 Å². The average molecular weight is 415 g/mol. The van der Waals surface area contributed by atoms with Crippen molar-refractivity contribution in [2.75, 3.05) is 29.6 Å². The van der Waals surface area contributed by atoms with Crippen LogP contribution in [0.2, 0.25) is 0 Å². The van der Waals surface area contributed by atoms with Crippen LogP contribution in [0.15, 0.2) is 40.6 Å². The van der Waals surface area contributed by atoms with E-state index in [9.17, 15) is 14.4 Å². The minimum atomic E-state index is -0.614. The Morgan fingerprint density at radius 2 is 2.11 bits per heavy atom. The molecule has 9 heteroatoms. The normalized spacial score (nSPS) is 15.9. The predicted octanol–water partition coefficient (Wildman–Crippen LogP) is 2.88. The second-order valence-electron chi connectivity index (χ2n) is 6.03. The molecule has 1 aromatic carbocycles. The number of benzene rings is 1. The standard InChI is InChI=1S/C19H17N3O4S2/c1-27-15-4-2-14(3-5-15)22-10-13(8-17(22)24)19(25)26-11-16(23)21-18-12(9-20)6-7-28-18/h2-7,13H,8,10-11H2,1H3,(H,21,23). The van der Waals surface area contributed by atoms with E-state index in [1.165, 1.54) is 11.3 Å². The van der Waals surface area contributed by atoms with Crippen LogP contribution in [0.25, 0.3) is 0 Å². The summed E-state index contributed by atoms with van der Waals surface area (Å²) in [6.07, 6.45) is 2.02. The molecule has 1 aliphatic heterocycles. The summed E-state index contributed by atoms with van der Waals surface area (Å²) in [5.74, 6) is -1.88. The van der Waals surface area contributed by atoms with E-state index in [1.807, 2.05) is 36.6 Å². The second kappa shape index (κ2) is 8.91. The monoisotopic (exact) mass is 415 g/mol. The van der Waals surface area contributed by atoms with Gasteiger partial charge in [-0.05, 0) is 42.0 Å². The third-order valence-corrected chi connectivity index (χ3v) is 5.80. The fourth-order valence-electron chi connectivity index (χ4n) is 2.79. The summed E-state index contributed by atoms with van der Waals surface area (Å²) in [6, 6.07) is 11.1. The SMILES string of the molecule is CSc1ccc(N2CC(C(=O)OCC(=O)Nc3sccc3C#N)CC2=O)cc1. The number of hydrogen-bond acceptors (Lipinski definition) is 7. The Kier molecular flexibility index (Phi) is 6.34. The minimum absolute atomic E-state index is 0.0498. The lowest BCUT2D eigenvalue weighted by Crippen LogP contribution is -2.28. The summed E-state index contributed by atoms with van der Waals surface area (Å²) < 4.78 is 5.07. The van der Waals surface area contributed by atoms with Gasteiger partial charge >= 0.3 is 5.97 Å². The zero-order chi connectivity index (χ0) is 20.1. The number of hydrogen-bond donors (Lipinski definition) is 1. The number of nitrogens with zero attached hydrogens (tertiary/aromatic N) is 2. The second-order valence-corrected chi connectivity index (χ2v) is 7.83. The van der Waals surface area contributed by atoms with Gasteiger partial charge in [-0.2, -0.15) is 5.26 Å². The molecule has 1 saturated heterocycles. The van der Waals surface area contributed by atoms with E-state index < -0.39 is 24.4 Å². The van der Waals surface area contributed by atoms with Gasteiger partial charge in [0.05, 0.1) is 11.5 Å². The number of carbonyl (C=O) groups is 3. The van der Waals surface area contributed by atoms with Gasteiger partial charge in [0.15, 0.2) is 6.61 Å². The molecule has 1 unspecified atom stereocenters. The molecule has 2 amide bonds. The number of esters is 1. The molecule has 0 saturated carbocycles. The molecule has 1 fully saturated rings. The third-order valence-electron chi connectivity index (χ3n) is 4.23. The molecule has 2 aromatic rings. The largest absolute Gasteiger partial charge is 0.455 e. The zero-order valence-corrected chi connectivity index (χ0v) is 16.6. The molecule has 0 spiro atoms. The number of thiophene rings is 1. The number of ether oxygens (including phenoxy) is 1. The minimum Gasteiger partial charge on any atom is -0.455 e. The lowest BCUT2D eigenvalue weighted by atomic mass is 10.1. The Morgan fingerprint density at radius 3 is 2.79 bits per heavy atom. The van der Waals surface area contributed by atoms with Crippen molar-refractivity contribution in [3.05, 3.63) is 41.3 Å². The maximum Gasteiger partial charge on any atom is 0.311 e. The van der Waals surface area contributed by atoms with Crippen LogP contribution in [0, 0.1) is 17.2 Å². The lowest BCUT2D eigenvalue weighted by molar-refractivity contribution is -0.151. The van der Waals surface area contributed by atoms with E-state index in [4.69, 9.17) is 10.00 Å². The van der Waals surface area contributed by atoms with E-state index in [0.29, 0.717) is 10.6 Å². The highest BCUT2D eigenvalue weighted by Gasteiger charge is 2.36. The Hall–Kier alpha value is -2.83. The third kappa shape index (κ3) is 4.52. The van der Waals surface area contributed by atoms with Gasteiger partial charge in [-0.1, -0.05) is 0 Å². The first-order valence-electron chi connectivity index (χ1n) is 8.40. The van der Waals surface area contributed by atoms with Crippen LogP contribution in [-0.2, 0) is 19.1 Å². The lowest BCUT2D eigenvalue weighted by Gasteiger charge is -2.16. The van der Waals surface area contributed by atoms with Crippen molar-refractivity contribution in [3.63, 3.8) is 0 Å². The number of rotatable bonds is 6. The predicted molar refractivity (Wildman–Crippen MR) is 107 cm³/mol. The molecular formula is C19H17N3O4S2. The van der Waals surface area contributed by atoms with Crippen LogP contribution in [0.4, 0.5) is 10.7 Å². The number of anilines is 2. The van der Waals surface area contributed by atoms with Crippen molar-refractivity contribution >= 4 is 51.6 Å². The highest BCUT2D eigenvalue weighted by molar-refractivity contribution is 7.98. The molecule has 3 rings (SSSR count). The number of carbonyl (C=O) groups excluding carboxylic acids is 3. The summed E-state index contributed by atoms with van der Waals surface area (Å²) in [5, 5.41) is 13.6. The topological polar surface area (TPSA) is 99.5 Å². The molecule has 144 valence electrons. The number of nitriles is 1.